The number of carbonyl (C=O) groups is 1. The summed E-state index contributed by atoms with van der Waals surface area (Å²) in [7, 11) is 1.41. The van der Waals surface area contributed by atoms with Crippen LogP contribution >= 0.6 is 0 Å². The molecule has 0 unspecified atom stereocenters. The molecule has 8 heteroatoms. The lowest BCUT2D eigenvalue weighted by Gasteiger charge is -2.17. The summed E-state index contributed by atoms with van der Waals surface area (Å²) in [6.07, 6.45) is -0.916. The average Bonchev–Trinajstić information content (AvgIpc) is 2.63. The Hall–Kier alpha value is -3.29. The maximum atomic E-state index is 12.4. The first kappa shape index (κ1) is 19.0. The van der Waals surface area contributed by atoms with Crippen molar-refractivity contribution in [3.05, 3.63) is 52.6 Å². The quantitative estimate of drug-likeness (QED) is 0.572. The van der Waals surface area contributed by atoms with Crippen LogP contribution in [0, 0.1) is 10.1 Å². The van der Waals surface area contributed by atoms with Crippen molar-refractivity contribution in [1.82, 2.24) is 0 Å². The molecule has 2 aromatic rings. The summed E-state index contributed by atoms with van der Waals surface area (Å²) < 4.78 is 16.2. The number of hydrogen-bond acceptors (Lipinski definition) is 6. The molecule has 0 aliphatic rings. The van der Waals surface area contributed by atoms with Crippen LogP contribution in [0.1, 0.15) is 13.8 Å². The Kier molecular flexibility index (Phi) is 6.37. The van der Waals surface area contributed by atoms with E-state index in [4.69, 9.17) is 14.2 Å². The molecular weight excluding hydrogens is 340 g/mol. The minimum absolute atomic E-state index is 0.113. The molecule has 0 saturated heterocycles. The van der Waals surface area contributed by atoms with Gasteiger partial charge >= 0.3 is 0 Å². The van der Waals surface area contributed by atoms with Crippen molar-refractivity contribution in [2.45, 2.75) is 20.0 Å². The van der Waals surface area contributed by atoms with E-state index in [1.54, 1.807) is 24.3 Å². The number of nitro groups is 1. The fourth-order valence-electron chi connectivity index (χ4n) is 2.20. The van der Waals surface area contributed by atoms with E-state index in [9.17, 15) is 14.9 Å². The zero-order valence-electron chi connectivity index (χ0n) is 14.7. The molecule has 0 fully saturated rings. The molecular formula is C18H20N2O6. The number of nitrogens with one attached hydrogen (secondary N) is 1. The zero-order valence-corrected chi connectivity index (χ0v) is 14.7. The molecule has 0 aliphatic heterocycles. The van der Waals surface area contributed by atoms with Crippen LogP contribution in [0.25, 0.3) is 0 Å². The number of non-ortho nitro benzene ring substituents is 1. The fraction of sp³-hybridized carbons (Fsp3) is 0.278. The number of hydrogen-bond donors (Lipinski definition) is 1. The molecule has 2 aromatic carbocycles. The highest BCUT2D eigenvalue weighted by Gasteiger charge is 2.20. The van der Waals surface area contributed by atoms with Gasteiger partial charge in [-0.15, -0.1) is 0 Å². The summed E-state index contributed by atoms with van der Waals surface area (Å²) in [5.74, 6) is 0.529. The Morgan fingerprint density at radius 3 is 2.58 bits per heavy atom. The molecule has 0 aromatic heterocycles. The predicted molar refractivity (Wildman–Crippen MR) is 96.0 cm³/mol. The number of benzene rings is 2. The van der Waals surface area contributed by atoms with Gasteiger partial charge in [0.15, 0.2) is 17.6 Å². The van der Waals surface area contributed by atoms with Crippen LogP contribution in [0.5, 0.6) is 17.2 Å². The molecule has 26 heavy (non-hydrogen) atoms. The third-order valence-electron chi connectivity index (χ3n) is 3.48. The number of anilines is 1. The number of nitro benzene ring substituents is 1. The van der Waals surface area contributed by atoms with Crippen LogP contribution in [-0.2, 0) is 4.79 Å². The number of para-hydroxylation sites is 2. The number of carbonyl (C=O) groups excluding carboxylic acids is 1. The van der Waals surface area contributed by atoms with Gasteiger partial charge in [-0.1, -0.05) is 12.1 Å². The largest absolute Gasteiger partial charge is 0.493 e. The fourth-order valence-corrected chi connectivity index (χ4v) is 2.20. The second-order valence-electron chi connectivity index (χ2n) is 5.27. The monoisotopic (exact) mass is 360 g/mol. The van der Waals surface area contributed by atoms with Gasteiger partial charge < -0.3 is 19.5 Å². The zero-order chi connectivity index (χ0) is 19.1. The Bertz CT molecular complexity index is 793. The summed E-state index contributed by atoms with van der Waals surface area (Å²) in [5.41, 5.74) is 0.357. The van der Waals surface area contributed by atoms with Gasteiger partial charge in [0.25, 0.3) is 11.6 Å². The van der Waals surface area contributed by atoms with Crippen LogP contribution < -0.4 is 19.5 Å². The molecule has 1 atom stereocenters. The molecule has 0 bridgehead atoms. The van der Waals surface area contributed by atoms with E-state index in [0.717, 1.165) is 0 Å². The second-order valence-corrected chi connectivity index (χ2v) is 5.27. The van der Waals surface area contributed by atoms with Gasteiger partial charge in [0.2, 0.25) is 0 Å². The summed E-state index contributed by atoms with van der Waals surface area (Å²) in [6, 6.07) is 11.0. The number of rotatable bonds is 8. The van der Waals surface area contributed by atoms with Gasteiger partial charge in [-0.2, -0.15) is 0 Å². The number of methoxy groups -OCH3 is 1. The average molecular weight is 360 g/mol. The number of amides is 1. The first-order valence-corrected chi connectivity index (χ1v) is 7.98. The SMILES string of the molecule is CCOc1ccccc1NC(=O)[C@H](C)Oc1cc([N+](=O)[O-])ccc1OC. The Balaban J connectivity index is 2.15. The highest BCUT2D eigenvalue weighted by atomic mass is 16.6. The molecule has 0 saturated carbocycles. The lowest BCUT2D eigenvalue weighted by Crippen LogP contribution is -2.30. The third kappa shape index (κ3) is 4.62. The van der Waals surface area contributed by atoms with Crippen molar-refractivity contribution in [2.24, 2.45) is 0 Å². The molecule has 138 valence electrons. The van der Waals surface area contributed by atoms with Crippen LogP contribution in [0.2, 0.25) is 0 Å². The van der Waals surface area contributed by atoms with E-state index in [0.29, 0.717) is 23.8 Å². The van der Waals surface area contributed by atoms with Gasteiger partial charge in [0.1, 0.15) is 5.75 Å². The van der Waals surface area contributed by atoms with Crippen molar-refractivity contribution < 1.29 is 23.9 Å². The van der Waals surface area contributed by atoms with E-state index in [1.807, 2.05) is 6.92 Å². The Labute approximate surface area is 150 Å². The molecule has 8 nitrogen and oxygen atoms in total. The van der Waals surface area contributed by atoms with Crippen molar-refractivity contribution >= 4 is 17.3 Å². The maximum absolute atomic E-state index is 12.4. The van der Waals surface area contributed by atoms with Crippen molar-refractivity contribution in [2.75, 3.05) is 19.0 Å². The van der Waals surface area contributed by atoms with Gasteiger partial charge in [0.05, 0.1) is 30.4 Å². The second kappa shape index (κ2) is 8.70. The first-order valence-electron chi connectivity index (χ1n) is 7.98. The molecule has 0 aliphatic carbocycles. The molecule has 0 radical (unpaired) electrons. The Morgan fingerprint density at radius 1 is 1.19 bits per heavy atom. The van der Waals surface area contributed by atoms with E-state index in [2.05, 4.69) is 5.32 Å². The van der Waals surface area contributed by atoms with Crippen LogP contribution in [0.15, 0.2) is 42.5 Å². The molecule has 2 rings (SSSR count). The van der Waals surface area contributed by atoms with E-state index in [1.165, 1.54) is 32.2 Å². The summed E-state index contributed by atoms with van der Waals surface area (Å²) >= 11 is 0. The Morgan fingerprint density at radius 2 is 1.92 bits per heavy atom. The third-order valence-corrected chi connectivity index (χ3v) is 3.48. The minimum atomic E-state index is -0.916. The lowest BCUT2D eigenvalue weighted by atomic mass is 10.2. The van der Waals surface area contributed by atoms with Crippen LogP contribution in [0.3, 0.4) is 0 Å². The normalized spacial score (nSPS) is 11.3. The molecule has 1 amide bonds. The number of ether oxygens (including phenoxy) is 3. The highest BCUT2D eigenvalue weighted by Crippen LogP contribution is 2.32. The standard InChI is InChI=1S/C18H20N2O6/c1-4-25-15-8-6-5-7-14(15)19-18(21)12(2)26-17-11-13(20(22)23)9-10-16(17)24-3/h5-12H,4H2,1-3H3,(H,19,21)/t12-/m0/s1. The van der Waals surface area contributed by atoms with Crippen LogP contribution in [0.4, 0.5) is 11.4 Å². The van der Waals surface area contributed by atoms with Gasteiger partial charge in [-0.25, -0.2) is 0 Å². The van der Waals surface area contributed by atoms with Crippen molar-refractivity contribution in [3.63, 3.8) is 0 Å². The lowest BCUT2D eigenvalue weighted by molar-refractivity contribution is -0.385. The van der Waals surface area contributed by atoms with Gasteiger partial charge in [-0.3, -0.25) is 14.9 Å². The smallest absolute Gasteiger partial charge is 0.273 e. The predicted octanol–water partition coefficient (Wildman–Crippen LogP) is 3.41. The molecule has 0 spiro atoms. The van der Waals surface area contributed by atoms with Gasteiger partial charge in [0, 0.05) is 6.07 Å². The first-order chi connectivity index (χ1) is 12.5. The molecule has 1 N–H and O–H groups in total. The molecule has 0 heterocycles. The van der Waals surface area contributed by atoms with Gasteiger partial charge in [-0.05, 0) is 32.0 Å². The highest BCUT2D eigenvalue weighted by molar-refractivity contribution is 5.95. The van der Waals surface area contributed by atoms with Crippen molar-refractivity contribution in [3.8, 4) is 17.2 Å². The summed E-state index contributed by atoms with van der Waals surface area (Å²) in [4.78, 5) is 22.8. The van der Waals surface area contributed by atoms with Crippen molar-refractivity contribution in [1.29, 1.82) is 0 Å². The van der Waals surface area contributed by atoms with E-state index in [-0.39, 0.29) is 11.4 Å². The van der Waals surface area contributed by atoms with E-state index >= 15 is 0 Å². The summed E-state index contributed by atoms with van der Waals surface area (Å²) in [5, 5.41) is 13.7. The minimum Gasteiger partial charge on any atom is -0.493 e. The topological polar surface area (TPSA) is 99.9 Å². The van der Waals surface area contributed by atoms with Crippen LogP contribution in [-0.4, -0.2) is 30.7 Å². The summed E-state index contributed by atoms with van der Waals surface area (Å²) in [6.45, 7) is 3.85. The maximum Gasteiger partial charge on any atom is 0.273 e. The number of nitrogens with zero attached hydrogens (tertiary/aromatic N) is 1. The van der Waals surface area contributed by atoms with E-state index < -0.39 is 16.9 Å².